The molecule has 31 heavy (non-hydrogen) atoms. The normalized spacial score (nSPS) is 14.6. The first kappa shape index (κ1) is 19.1. The van der Waals surface area contributed by atoms with Crippen molar-refractivity contribution >= 4 is 22.0 Å². The number of nitrogens with zero attached hydrogens (tertiary/aromatic N) is 4. The molecule has 4 aromatic rings. The Morgan fingerprint density at radius 3 is 2.94 bits per heavy atom. The van der Waals surface area contributed by atoms with E-state index in [1.165, 1.54) is 5.57 Å². The second kappa shape index (κ2) is 8.12. The van der Waals surface area contributed by atoms with Crippen molar-refractivity contribution in [2.45, 2.75) is 13.3 Å². The summed E-state index contributed by atoms with van der Waals surface area (Å²) in [5.41, 5.74) is 7.45. The van der Waals surface area contributed by atoms with Gasteiger partial charge in [-0.05, 0) is 43.7 Å². The van der Waals surface area contributed by atoms with Gasteiger partial charge >= 0.3 is 0 Å². The summed E-state index contributed by atoms with van der Waals surface area (Å²) < 4.78 is 0. The first-order valence-electron chi connectivity index (χ1n) is 10.3. The summed E-state index contributed by atoms with van der Waals surface area (Å²) in [6.07, 6.45) is 10.5. The summed E-state index contributed by atoms with van der Waals surface area (Å²) in [6, 6.07) is 7.93. The minimum atomic E-state index is 0.709. The summed E-state index contributed by atoms with van der Waals surface area (Å²) in [5.74, 6) is 0.709. The van der Waals surface area contributed by atoms with Gasteiger partial charge in [0.2, 0.25) is 0 Å². The van der Waals surface area contributed by atoms with Crippen LogP contribution in [0.1, 0.15) is 29.2 Å². The van der Waals surface area contributed by atoms with Crippen LogP contribution in [0.4, 0.5) is 0 Å². The molecule has 0 unspecified atom stereocenters. The van der Waals surface area contributed by atoms with E-state index in [9.17, 15) is 0 Å². The molecule has 4 aromatic heterocycles. The molecule has 0 radical (unpaired) electrons. The summed E-state index contributed by atoms with van der Waals surface area (Å²) in [4.78, 5) is 17.4. The molecule has 0 fully saturated rings. The van der Waals surface area contributed by atoms with Crippen molar-refractivity contribution in [2.24, 2.45) is 0 Å². The zero-order valence-corrected chi connectivity index (χ0v) is 17.3. The Morgan fingerprint density at radius 1 is 1.23 bits per heavy atom. The highest BCUT2D eigenvalue weighted by Gasteiger charge is 2.19. The number of fused-ring (bicyclic) bond motifs is 1. The van der Waals surface area contributed by atoms with Gasteiger partial charge in [0, 0.05) is 29.4 Å². The van der Waals surface area contributed by atoms with Gasteiger partial charge in [0.25, 0.3) is 0 Å². The van der Waals surface area contributed by atoms with Crippen molar-refractivity contribution in [3.8, 4) is 11.5 Å². The number of H-pyrrole nitrogens is 2. The van der Waals surface area contributed by atoms with E-state index in [0.29, 0.717) is 5.82 Å². The number of aromatic nitrogens is 6. The largest absolute Gasteiger partial charge is 0.340 e. The number of allylic oxidation sites excluding steroid dienone is 2. The summed E-state index contributed by atoms with van der Waals surface area (Å²) in [7, 11) is 0. The van der Waals surface area contributed by atoms with E-state index in [1.54, 1.807) is 12.3 Å². The number of aromatic amines is 2. The van der Waals surface area contributed by atoms with E-state index in [1.807, 2.05) is 37.4 Å². The highest BCUT2D eigenvalue weighted by atomic mass is 15.1. The smallest absolute Gasteiger partial charge is 0.159 e. The van der Waals surface area contributed by atoms with Gasteiger partial charge in [-0.25, -0.2) is 4.98 Å². The van der Waals surface area contributed by atoms with Crippen LogP contribution in [0.2, 0.25) is 0 Å². The Hall–Kier alpha value is -3.84. The third-order valence-electron chi connectivity index (χ3n) is 5.43. The monoisotopic (exact) mass is 409 g/mol. The standard InChI is InChI=1S/C24H23N7/c1-3-6-17(19-7-4-5-10-26-19)22-15(2)28-24(29-22)23-18-13-20(16-8-11-25-12-9-16)27-14-21(18)30-31-23/h3-8,10,13-14,25H,1,9,11-12H2,2H3,(H,28,29)(H,30,31)/b17-6-. The van der Waals surface area contributed by atoms with Gasteiger partial charge in [0.05, 0.1) is 28.8 Å². The van der Waals surface area contributed by atoms with Crippen LogP contribution >= 0.6 is 0 Å². The Morgan fingerprint density at radius 2 is 2.16 bits per heavy atom. The second-order valence-electron chi connectivity index (χ2n) is 7.46. The molecule has 1 aliphatic heterocycles. The van der Waals surface area contributed by atoms with E-state index in [2.05, 4.69) is 49.2 Å². The molecule has 0 saturated carbocycles. The lowest BCUT2D eigenvalue weighted by Gasteiger charge is -2.13. The molecule has 7 heteroatoms. The molecule has 3 N–H and O–H groups in total. The molecular weight excluding hydrogens is 386 g/mol. The van der Waals surface area contributed by atoms with Gasteiger partial charge in [-0.3, -0.25) is 15.1 Å². The van der Waals surface area contributed by atoms with Crippen LogP contribution in [0, 0.1) is 6.92 Å². The first-order valence-corrected chi connectivity index (χ1v) is 10.3. The molecule has 1 aliphatic rings. The summed E-state index contributed by atoms with van der Waals surface area (Å²) >= 11 is 0. The third kappa shape index (κ3) is 3.60. The minimum absolute atomic E-state index is 0.709. The second-order valence-corrected chi connectivity index (χ2v) is 7.46. The Kier molecular flexibility index (Phi) is 5.01. The molecule has 0 saturated heterocycles. The SMILES string of the molecule is C=C/C=C(/c1ccccn1)c1nc(-c2n[nH]c3cnc(C4=CCNCC4)cc23)[nH]c1C. The lowest BCUT2D eigenvalue weighted by atomic mass is 10.0. The lowest BCUT2D eigenvalue weighted by Crippen LogP contribution is -2.20. The molecule has 7 nitrogen and oxygen atoms in total. The maximum absolute atomic E-state index is 4.90. The van der Waals surface area contributed by atoms with Gasteiger partial charge in [0.15, 0.2) is 5.82 Å². The molecule has 0 amide bonds. The fourth-order valence-electron chi connectivity index (χ4n) is 3.89. The fraction of sp³-hybridized carbons (Fsp3) is 0.167. The van der Waals surface area contributed by atoms with Crippen molar-refractivity contribution < 1.29 is 0 Å². The maximum atomic E-state index is 4.90. The van der Waals surface area contributed by atoms with Crippen LogP contribution < -0.4 is 5.32 Å². The van der Waals surface area contributed by atoms with Crippen LogP contribution in [0.3, 0.4) is 0 Å². The van der Waals surface area contributed by atoms with Crippen molar-refractivity contribution in [3.05, 3.63) is 84.2 Å². The van der Waals surface area contributed by atoms with Gasteiger partial charge in [-0.2, -0.15) is 5.10 Å². The average Bonchev–Trinajstić information content (AvgIpc) is 3.41. The molecular formula is C24H23N7. The summed E-state index contributed by atoms with van der Waals surface area (Å²) in [6.45, 7) is 7.71. The first-order chi connectivity index (χ1) is 15.2. The van der Waals surface area contributed by atoms with Gasteiger partial charge in [-0.15, -0.1) is 0 Å². The fourth-order valence-corrected chi connectivity index (χ4v) is 3.89. The Bertz CT molecular complexity index is 1310. The quantitative estimate of drug-likeness (QED) is 0.432. The van der Waals surface area contributed by atoms with Crippen molar-refractivity contribution in [1.29, 1.82) is 0 Å². The van der Waals surface area contributed by atoms with E-state index in [4.69, 9.17) is 4.98 Å². The summed E-state index contributed by atoms with van der Waals surface area (Å²) in [5, 5.41) is 12.0. The molecule has 5 heterocycles. The van der Waals surface area contributed by atoms with Crippen LogP contribution in [0.15, 0.2) is 61.5 Å². The van der Waals surface area contributed by atoms with Gasteiger partial charge in [-0.1, -0.05) is 30.9 Å². The molecule has 0 spiro atoms. The lowest BCUT2D eigenvalue weighted by molar-refractivity contribution is 0.737. The molecule has 0 bridgehead atoms. The zero-order valence-electron chi connectivity index (χ0n) is 17.3. The van der Waals surface area contributed by atoms with E-state index in [0.717, 1.165) is 64.5 Å². The molecule has 5 rings (SSSR count). The minimum Gasteiger partial charge on any atom is -0.340 e. The highest BCUT2D eigenvalue weighted by molar-refractivity contribution is 5.93. The van der Waals surface area contributed by atoms with Crippen LogP contribution in [0.5, 0.6) is 0 Å². The number of aryl methyl sites for hydroxylation is 1. The van der Waals surface area contributed by atoms with Crippen LogP contribution in [-0.4, -0.2) is 43.2 Å². The van der Waals surface area contributed by atoms with Crippen molar-refractivity contribution in [1.82, 2.24) is 35.5 Å². The van der Waals surface area contributed by atoms with Crippen LogP contribution in [0.25, 0.3) is 33.6 Å². The third-order valence-corrected chi connectivity index (χ3v) is 5.43. The Balaban J connectivity index is 1.59. The molecule has 0 atom stereocenters. The van der Waals surface area contributed by atoms with Crippen molar-refractivity contribution in [2.75, 3.05) is 13.1 Å². The average molecular weight is 409 g/mol. The van der Waals surface area contributed by atoms with Crippen molar-refractivity contribution in [3.63, 3.8) is 0 Å². The number of pyridine rings is 2. The number of hydrogen-bond acceptors (Lipinski definition) is 5. The van der Waals surface area contributed by atoms with Gasteiger partial charge in [0.1, 0.15) is 5.69 Å². The molecule has 0 aromatic carbocycles. The van der Waals surface area contributed by atoms with E-state index >= 15 is 0 Å². The number of hydrogen-bond donors (Lipinski definition) is 3. The number of imidazole rings is 1. The highest BCUT2D eigenvalue weighted by Crippen LogP contribution is 2.30. The molecule has 0 aliphatic carbocycles. The number of rotatable bonds is 5. The van der Waals surface area contributed by atoms with E-state index in [-0.39, 0.29) is 0 Å². The zero-order chi connectivity index (χ0) is 21.2. The predicted molar refractivity (Wildman–Crippen MR) is 123 cm³/mol. The van der Waals surface area contributed by atoms with Gasteiger partial charge < -0.3 is 10.3 Å². The predicted octanol–water partition coefficient (Wildman–Crippen LogP) is 4.05. The van der Waals surface area contributed by atoms with Crippen LogP contribution in [-0.2, 0) is 0 Å². The Labute approximate surface area is 180 Å². The molecule has 154 valence electrons. The number of nitrogens with one attached hydrogen (secondary N) is 3. The van der Waals surface area contributed by atoms with E-state index < -0.39 is 0 Å². The topological polar surface area (TPSA) is 95.2 Å². The maximum Gasteiger partial charge on any atom is 0.159 e.